The van der Waals surface area contributed by atoms with Gasteiger partial charge in [0.1, 0.15) is 5.75 Å². The Morgan fingerprint density at radius 1 is 0.718 bits per heavy atom. The maximum Gasteiger partial charge on any atom is 0.335 e. The highest BCUT2D eigenvalue weighted by molar-refractivity contribution is 5.87. The molecule has 0 saturated carbocycles. The van der Waals surface area contributed by atoms with Gasteiger partial charge in [-0.15, -0.1) is 10.3 Å². The van der Waals surface area contributed by atoms with Crippen LogP contribution < -0.4 is 4.74 Å². The molecule has 2 aromatic carbocycles. The monoisotopic (exact) mass is 536 g/mol. The Morgan fingerprint density at radius 2 is 1.13 bits per heavy atom. The molecular formula is C34H50NO4. The standard InChI is InChI=1S/C34H50NO4/c1-4-5-6-7-8-9-10-11-12-13-14-15-16-27-39-31-23-21-30(22-24-31)34(3)26-25-33(2,35(34)38)29-19-17-28(18-20-29)32(36)37/h17-24H,4-16,25-27H2,1-3H3,(H,36,37)/t33-,34-/m0/s1. The Bertz CT molecular complexity index is 989. The summed E-state index contributed by atoms with van der Waals surface area (Å²) in [6.07, 6.45) is 18.8. The number of benzene rings is 2. The summed E-state index contributed by atoms with van der Waals surface area (Å²) in [7, 11) is 0. The van der Waals surface area contributed by atoms with Crippen LogP contribution in [0.25, 0.3) is 0 Å². The molecule has 1 fully saturated rings. The Balaban J connectivity index is 1.35. The number of rotatable bonds is 18. The van der Waals surface area contributed by atoms with E-state index in [1.165, 1.54) is 82.1 Å². The predicted octanol–water partition coefficient (Wildman–Crippen LogP) is 9.43. The van der Waals surface area contributed by atoms with Gasteiger partial charge in [-0.3, -0.25) is 0 Å². The van der Waals surface area contributed by atoms with E-state index in [9.17, 15) is 15.1 Å². The first-order valence-corrected chi connectivity index (χ1v) is 15.4. The summed E-state index contributed by atoms with van der Waals surface area (Å²) in [6.45, 7) is 6.95. The average molecular weight is 537 g/mol. The molecule has 1 aliphatic rings. The molecule has 0 aliphatic carbocycles. The molecule has 5 nitrogen and oxygen atoms in total. The molecule has 0 amide bonds. The van der Waals surface area contributed by atoms with Crippen LogP contribution in [-0.4, -0.2) is 22.7 Å². The van der Waals surface area contributed by atoms with Crippen LogP contribution in [0.5, 0.6) is 5.75 Å². The van der Waals surface area contributed by atoms with Gasteiger partial charge in [0.25, 0.3) is 0 Å². The Hall–Kier alpha value is -2.37. The van der Waals surface area contributed by atoms with E-state index in [0.29, 0.717) is 6.42 Å². The second-order valence-corrected chi connectivity index (χ2v) is 11.8. The van der Waals surface area contributed by atoms with Gasteiger partial charge in [0.15, 0.2) is 0 Å². The lowest BCUT2D eigenvalue weighted by Gasteiger charge is -2.37. The van der Waals surface area contributed by atoms with Crippen molar-refractivity contribution in [1.82, 2.24) is 5.06 Å². The largest absolute Gasteiger partial charge is 0.494 e. The highest BCUT2D eigenvalue weighted by Gasteiger charge is 2.52. The van der Waals surface area contributed by atoms with E-state index >= 15 is 0 Å². The van der Waals surface area contributed by atoms with Crippen molar-refractivity contribution < 1.29 is 19.8 Å². The van der Waals surface area contributed by atoms with Gasteiger partial charge < -0.3 is 9.84 Å². The van der Waals surface area contributed by atoms with Gasteiger partial charge in [-0.1, -0.05) is 108 Å². The summed E-state index contributed by atoms with van der Waals surface area (Å²) in [6, 6.07) is 14.7. The highest BCUT2D eigenvalue weighted by Crippen LogP contribution is 2.51. The Kier molecular flexibility index (Phi) is 12.3. The zero-order chi connectivity index (χ0) is 28.1. The zero-order valence-electron chi connectivity index (χ0n) is 24.6. The molecule has 39 heavy (non-hydrogen) atoms. The van der Waals surface area contributed by atoms with Crippen LogP contribution in [0.3, 0.4) is 0 Å². The molecule has 3 rings (SSSR count). The average Bonchev–Trinajstić information content (AvgIpc) is 3.19. The number of ether oxygens (including phenoxy) is 1. The lowest BCUT2D eigenvalue weighted by atomic mass is 9.89. The third-order valence-electron chi connectivity index (χ3n) is 8.74. The van der Waals surface area contributed by atoms with Gasteiger partial charge >= 0.3 is 5.97 Å². The van der Waals surface area contributed by atoms with Gasteiger partial charge in [0.2, 0.25) is 0 Å². The van der Waals surface area contributed by atoms with Crippen LogP contribution >= 0.6 is 0 Å². The summed E-state index contributed by atoms with van der Waals surface area (Å²) >= 11 is 0. The number of hydrogen-bond donors (Lipinski definition) is 1. The summed E-state index contributed by atoms with van der Waals surface area (Å²) in [5.74, 6) is -0.109. The lowest BCUT2D eigenvalue weighted by molar-refractivity contribution is -0.260. The molecule has 0 bridgehead atoms. The number of aromatic carboxylic acids is 1. The van der Waals surface area contributed by atoms with Gasteiger partial charge in [-0.05, 0) is 68.5 Å². The quantitative estimate of drug-likeness (QED) is 0.193. The fourth-order valence-corrected chi connectivity index (χ4v) is 5.95. The van der Waals surface area contributed by atoms with Crippen molar-refractivity contribution in [2.24, 2.45) is 0 Å². The topological polar surface area (TPSA) is 69.7 Å². The highest BCUT2D eigenvalue weighted by atomic mass is 16.5. The smallest absolute Gasteiger partial charge is 0.335 e. The fraction of sp³-hybridized carbons (Fsp3) is 0.618. The molecule has 1 saturated heterocycles. The molecule has 1 N–H and O–H groups in total. The van der Waals surface area contributed by atoms with Crippen molar-refractivity contribution in [2.75, 3.05) is 6.61 Å². The molecular weight excluding hydrogens is 486 g/mol. The number of carboxylic acid groups (broad SMARTS) is 1. The van der Waals surface area contributed by atoms with Crippen LogP contribution in [0.1, 0.15) is 139 Å². The zero-order valence-corrected chi connectivity index (χ0v) is 24.6. The summed E-state index contributed by atoms with van der Waals surface area (Å²) < 4.78 is 5.98. The van der Waals surface area contributed by atoms with Crippen molar-refractivity contribution in [3.05, 3.63) is 65.2 Å². The van der Waals surface area contributed by atoms with E-state index in [1.54, 1.807) is 24.3 Å². The van der Waals surface area contributed by atoms with Crippen molar-refractivity contribution >= 4 is 5.97 Å². The van der Waals surface area contributed by atoms with E-state index in [1.807, 2.05) is 38.1 Å². The number of nitrogens with zero attached hydrogens (tertiary/aromatic N) is 1. The lowest BCUT2D eigenvalue weighted by Crippen LogP contribution is -2.44. The van der Waals surface area contributed by atoms with E-state index in [4.69, 9.17) is 4.74 Å². The molecule has 0 unspecified atom stereocenters. The van der Waals surface area contributed by atoms with E-state index in [2.05, 4.69) is 6.92 Å². The Morgan fingerprint density at radius 3 is 1.56 bits per heavy atom. The Labute approximate surface area is 236 Å². The molecule has 1 heterocycles. The van der Waals surface area contributed by atoms with E-state index in [0.717, 1.165) is 36.3 Å². The molecule has 0 aromatic heterocycles. The van der Waals surface area contributed by atoms with Crippen molar-refractivity contribution in [3.8, 4) is 5.75 Å². The van der Waals surface area contributed by atoms with Crippen LogP contribution in [0, 0.1) is 0 Å². The molecule has 2 aromatic rings. The maximum atomic E-state index is 13.6. The second-order valence-electron chi connectivity index (χ2n) is 11.8. The first-order chi connectivity index (χ1) is 18.8. The van der Waals surface area contributed by atoms with Gasteiger partial charge in [-0.2, -0.15) is 0 Å². The number of unbranched alkanes of at least 4 members (excludes halogenated alkanes) is 12. The summed E-state index contributed by atoms with van der Waals surface area (Å²) in [5, 5.41) is 24.0. The van der Waals surface area contributed by atoms with E-state index < -0.39 is 17.0 Å². The molecule has 1 aliphatic heterocycles. The minimum absolute atomic E-state index is 0.231. The van der Waals surface area contributed by atoms with Crippen LogP contribution in [0.4, 0.5) is 0 Å². The van der Waals surface area contributed by atoms with Gasteiger partial charge in [0.05, 0.1) is 23.2 Å². The molecule has 215 valence electrons. The van der Waals surface area contributed by atoms with Crippen LogP contribution in [0.15, 0.2) is 48.5 Å². The first-order valence-electron chi connectivity index (χ1n) is 15.4. The molecule has 5 heteroatoms. The van der Waals surface area contributed by atoms with Crippen LogP contribution in [-0.2, 0) is 16.3 Å². The molecule has 0 spiro atoms. The number of hydrogen-bond acceptors (Lipinski definition) is 3. The first kappa shape index (κ1) is 31.2. The van der Waals surface area contributed by atoms with Gasteiger partial charge in [-0.25, -0.2) is 4.79 Å². The predicted molar refractivity (Wildman–Crippen MR) is 157 cm³/mol. The summed E-state index contributed by atoms with van der Waals surface area (Å²) in [4.78, 5) is 11.2. The number of carbonyl (C=O) groups is 1. The fourth-order valence-electron chi connectivity index (χ4n) is 5.95. The summed E-state index contributed by atoms with van der Waals surface area (Å²) in [5.41, 5.74) is 0.721. The van der Waals surface area contributed by atoms with Crippen molar-refractivity contribution in [1.29, 1.82) is 0 Å². The second kappa shape index (κ2) is 15.4. The van der Waals surface area contributed by atoms with Crippen LogP contribution in [0.2, 0.25) is 0 Å². The number of hydroxylamine groups is 2. The minimum Gasteiger partial charge on any atom is -0.494 e. The SMILES string of the molecule is CCCCCCCCCCCCCCCOc1ccc([C@]2(C)CC[C@@](C)(c3ccc(C(=O)O)cc3)N2[O])cc1. The molecule has 2 atom stereocenters. The van der Waals surface area contributed by atoms with Gasteiger partial charge in [0, 0.05) is 0 Å². The van der Waals surface area contributed by atoms with E-state index in [-0.39, 0.29) is 5.56 Å². The minimum atomic E-state index is -0.960. The van der Waals surface area contributed by atoms with Crippen molar-refractivity contribution in [2.45, 2.75) is 128 Å². The normalized spacial score (nSPS) is 21.3. The maximum absolute atomic E-state index is 13.6. The molecule has 1 radical (unpaired) electrons. The van der Waals surface area contributed by atoms with Crippen molar-refractivity contribution in [3.63, 3.8) is 0 Å². The number of carboxylic acids is 1. The third kappa shape index (κ3) is 8.56. The third-order valence-corrected chi connectivity index (χ3v) is 8.74.